The zero-order valence-electron chi connectivity index (χ0n) is 11.5. The molecule has 1 unspecified atom stereocenters. The van der Waals surface area contributed by atoms with Gasteiger partial charge in [0.1, 0.15) is 0 Å². The van der Waals surface area contributed by atoms with Gasteiger partial charge in [0.15, 0.2) is 0 Å². The molecule has 0 aliphatic rings. The number of hydrogen-bond donors (Lipinski definition) is 1. The van der Waals surface area contributed by atoms with Crippen LogP contribution in [0.4, 0.5) is 0 Å². The van der Waals surface area contributed by atoms with Crippen molar-refractivity contribution in [2.45, 2.75) is 60.4 Å². The molecular weight excluding hydrogens is 182 g/mol. The van der Waals surface area contributed by atoms with Gasteiger partial charge in [0, 0.05) is 6.04 Å². The summed E-state index contributed by atoms with van der Waals surface area (Å²) in [4.78, 5) is 0. The van der Waals surface area contributed by atoms with Crippen LogP contribution in [-0.4, -0.2) is 13.1 Å². The third-order valence-corrected chi connectivity index (χ3v) is 3.13. The van der Waals surface area contributed by atoms with Crippen molar-refractivity contribution in [3.63, 3.8) is 0 Å². The summed E-state index contributed by atoms with van der Waals surface area (Å²) >= 11 is 0. The summed E-state index contributed by atoms with van der Waals surface area (Å²) in [7, 11) is 2.03. The van der Waals surface area contributed by atoms with Crippen LogP contribution in [0.1, 0.15) is 54.4 Å². The van der Waals surface area contributed by atoms with Crippen LogP contribution >= 0.6 is 0 Å². The van der Waals surface area contributed by atoms with Crippen LogP contribution in [0.15, 0.2) is 22.3 Å². The third-order valence-electron chi connectivity index (χ3n) is 3.13. The Morgan fingerprint density at radius 2 is 1.53 bits per heavy atom. The van der Waals surface area contributed by atoms with Crippen molar-refractivity contribution in [2.24, 2.45) is 0 Å². The molecule has 15 heavy (non-hydrogen) atoms. The molecule has 0 aromatic rings. The van der Waals surface area contributed by atoms with Gasteiger partial charge in [-0.25, -0.2) is 0 Å². The summed E-state index contributed by atoms with van der Waals surface area (Å²) in [6.07, 6.45) is 2.39. The molecule has 1 nitrogen and oxygen atoms in total. The minimum absolute atomic E-state index is 0.601. The minimum atomic E-state index is 0.601. The van der Waals surface area contributed by atoms with Gasteiger partial charge >= 0.3 is 0 Å². The standard InChI is InChI=1S/C14H27N/c1-10(2)13(6)14(11(3)4)9-8-12(5)15-7/h12,15H,8-9H2,1-7H3. The number of nitrogens with one attached hydrogen (secondary N) is 1. The number of rotatable bonds is 5. The highest BCUT2D eigenvalue weighted by Crippen LogP contribution is 2.23. The Kier molecular flexibility index (Phi) is 6.58. The van der Waals surface area contributed by atoms with Gasteiger partial charge in [-0.2, -0.15) is 0 Å². The summed E-state index contributed by atoms with van der Waals surface area (Å²) in [5.74, 6) is 0. The van der Waals surface area contributed by atoms with E-state index in [0.717, 1.165) is 0 Å². The van der Waals surface area contributed by atoms with Crippen LogP contribution in [0.5, 0.6) is 0 Å². The second kappa shape index (κ2) is 6.84. The summed E-state index contributed by atoms with van der Waals surface area (Å²) in [6.45, 7) is 13.3. The van der Waals surface area contributed by atoms with E-state index in [2.05, 4.69) is 46.9 Å². The van der Waals surface area contributed by atoms with Crippen LogP contribution < -0.4 is 5.32 Å². The van der Waals surface area contributed by atoms with E-state index in [1.807, 2.05) is 7.05 Å². The van der Waals surface area contributed by atoms with E-state index in [9.17, 15) is 0 Å². The summed E-state index contributed by atoms with van der Waals surface area (Å²) < 4.78 is 0. The Bertz CT molecular complexity index is 251. The Morgan fingerprint density at radius 1 is 1.00 bits per heavy atom. The molecule has 0 spiro atoms. The van der Waals surface area contributed by atoms with Crippen molar-refractivity contribution in [1.29, 1.82) is 0 Å². The first kappa shape index (κ1) is 14.4. The molecule has 1 heteroatoms. The third kappa shape index (κ3) is 5.17. The Morgan fingerprint density at radius 3 is 1.87 bits per heavy atom. The second-order valence-electron chi connectivity index (χ2n) is 4.83. The second-order valence-corrected chi connectivity index (χ2v) is 4.83. The van der Waals surface area contributed by atoms with Crippen LogP contribution in [0.3, 0.4) is 0 Å². The van der Waals surface area contributed by atoms with Crippen LogP contribution in [0.2, 0.25) is 0 Å². The lowest BCUT2D eigenvalue weighted by atomic mass is 9.93. The summed E-state index contributed by atoms with van der Waals surface area (Å²) in [5, 5.41) is 3.29. The lowest BCUT2D eigenvalue weighted by Gasteiger charge is -2.15. The first-order valence-electron chi connectivity index (χ1n) is 5.88. The van der Waals surface area contributed by atoms with Crippen LogP contribution in [0.25, 0.3) is 0 Å². The number of hydrogen-bond acceptors (Lipinski definition) is 1. The van der Waals surface area contributed by atoms with E-state index in [-0.39, 0.29) is 0 Å². The molecule has 0 aromatic carbocycles. The zero-order valence-corrected chi connectivity index (χ0v) is 11.5. The van der Waals surface area contributed by atoms with Crippen molar-refractivity contribution in [1.82, 2.24) is 5.32 Å². The normalized spacial score (nSPS) is 12.2. The lowest BCUT2D eigenvalue weighted by molar-refractivity contribution is 0.563. The molecule has 0 radical (unpaired) electrons. The molecule has 0 aliphatic heterocycles. The van der Waals surface area contributed by atoms with Crippen LogP contribution in [-0.2, 0) is 0 Å². The molecule has 0 heterocycles. The van der Waals surface area contributed by atoms with E-state index < -0.39 is 0 Å². The fourth-order valence-corrected chi connectivity index (χ4v) is 1.62. The summed E-state index contributed by atoms with van der Waals surface area (Å²) in [5.41, 5.74) is 5.90. The Balaban J connectivity index is 4.61. The van der Waals surface area contributed by atoms with Crippen molar-refractivity contribution in [3.8, 4) is 0 Å². The monoisotopic (exact) mass is 209 g/mol. The smallest absolute Gasteiger partial charge is 0.00388 e. The van der Waals surface area contributed by atoms with E-state index >= 15 is 0 Å². The molecule has 88 valence electrons. The maximum absolute atomic E-state index is 3.29. The van der Waals surface area contributed by atoms with Crippen molar-refractivity contribution in [3.05, 3.63) is 22.3 Å². The Labute approximate surface area is 95.7 Å². The van der Waals surface area contributed by atoms with Crippen LogP contribution in [0, 0.1) is 0 Å². The molecule has 0 bridgehead atoms. The van der Waals surface area contributed by atoms with E-state index in [4.69, 9.17) is 0 Å². The fraction of sp³-hybridized carbons (Fsp3) is 0.714. The number of allylic oxidation sites excluding steroid dienone is 4. The molecule has 0 saturated carbocycles. The highest BCUT2D eigenvalue weighted by Gasteiger charge is 2.06. The minimum Gasteiger partial charge on any atom is -0.317 e. The van der Waals surface area contributed by atoms with Gasteiger partial charge in [-0.15, -0.1) is 0 Å². The highest BCUT2D eigenvalue weighted by molar-refractivity contribution is 5.35. The first-order valence-corrected chi connectivity index (χ1v) is 5.88. The lowest BCUT2D eigenvalue weighted by Crippen LogP contribution is -2.21. The van der Waals surface area contributed by atoms with Crippen molar-refractivity contribution < 1.29 is 0 Å². The van der Waals surface area contributed by atoms with Gasteiger partial charge < -0.3 is 5.32 Å². The Hall–Kier alpha value is -0.560. The van der Waals surface area contributed by atoms with E-state index in [0.29, 0.717) is 6.04 Å². The summed E-state index contributed by atoms with van der Waals surface area (Å²) in [6, 6.07) is 0.601. The maximum atomic E-state index is 3.29. The molecule has 0 saturated heterocycles. The molecule has 1 atom stereocenters. The maximum Gasteiger partial charge on any atom is 0.00388 e. The molecular formula is C14H27N. The van der Waals surface area contributed by atoms with Gasteiger partial charge in [0.25, 0.3) is 0 Å². The quantitative estimate of drug-likeness (QED) is 0.673. The highest BCUT2D eigenvalue weighted by atomic mass is 14.8. The largest absolute Gasteiger partial charge is 0.317 e. The topological polar surface area (TPSA) is 12.0 Å². The van der Waals surface area contributed by atoms with Crippen molar-refractivity contribution in [2.75, 3.05) is 7.05 Å². The first-order chi connectivity index (χ1) is 6.90. The van der Waals surface area contributed by atoms with E-state index in [1.165, 1.54) is 35.1 Å². The predicted octanol–water partition coefficient (Wildman–Crippen LogP) is 4.07. The van der Waals surface area contributed by atoms with Gasteiger partial charge in [-0.1, -0.05) is 11.1 Å². The van der Waals surface area contributed by atoms with Gasteiger partial charge in [0.2, 0.25) is 0 Å². The molecule has 0 rings (SSSR count). The average Bonchev–Trinajstić information content (AvgIpc) is 2.16. The van der Waals surface area contributed by atoms with Gasteiger partial charge in [0.05, 0.1) is 0 Å². The zero-order chi connectivity index (χ0) is 12.0. The molecule has 0 amide bonds. The fourth-order valence-electron chi connectivity index (χ4n) is 1.62. The molecule has 1 N–H and O–H groups in total. The van der Waals surface area contributed by atoms with Gasteiger partial charge in [-0.05, 0) is 72.6 Å². The van der Waals surface area contributed by atoms with Gasteiger partial charge in [-0.3, -0.25) is 0 Å². The SMILES string of the molecule is CNC(C)CCC(=C(C)C)C(C)=C(C)C. The van der Waals surface area contributed by atoms with E-state index in [1.54, 1.807) is 0 Å². The molecule has 0 aromatic heterocycles. The molecule has 0 fully saturated rings. The molecule has 0 aliphatic carbocycles. The average molecular weight is 209 g/mol. The predicted molar refractivity (Wildman–Crippen MR) is 70.2 cm³/mol. The van der Waals surface area contributed by atoms with Crippen molar-refractivity contribution >= 4 is 0 Å².